The summed E-state index contributed by atoms with van der Waals surface area (Å²) in [6.07, 6.45) is 6.32. The highest BCUT2D eigenvalue weighted by Crippen LogP contribution is 2.18. The van der Waals surface area contributed by atoms with Crippen LogP contribution in [0, 0.1) is 0 Å². The number of ether oxygens (including phenoxy) is 1. The van der Waals surface area contributed by atoms with E-state index in [1.165, 1.54) is 13.5 Å². The zero-order valence-corrected chi connectivity index (χ0v) is 13.1. The molecule has 1 saturated carbocycles. The first-order valence-electron chi connectivity index (χ1n) is 7.87. The van der Waals surface area contributed by atoms with Crippen LogP contribution in [0.25, 0.3) is 0 Å². The number of aliphatic hydroxyl groups excluding tert-OH is 1. The van der Waals surface area contributed by atoms with Gasteiger partial charge in [0.05, 0.1) is 26.2 Å². The molecular formula is C15H28N2O4. The van der Waals surface area contributed by atoms with Crippen LogP contribution >= 0.6 is 0 Å². The number of hydrogen-bond donors (Lipinski definition) is 2. The molecule has 122 valence electrons. The van der Waals surface area contributed by atoms with Crippen molar-refractivity contribution in [3.8, 4) is 0 Å². The Hall–Kier alpha value is -1.30. The van der Waals surface area contributed by atoms with Crippen molar-refractivity contribution >= 4 is 12.0 Å². The molecule has 1 fully saturated rings. The van der Waals surface area contributed by atoms with Gasteiger partial charge in [0, 0.05) is 12.6 Å². The number of carbonyl (C=O) groups is 2. The van der Waals surface area contributed by atoms with Crippen molar-refractivity contribution in [2.45, 2.75) is 64.0 Å². The molecular weight excluding hydrogens is 272 g/mol. The molecule has 1 rings (SSSR count). The third-order valence-electron chi connectivity index (χ3n) is 4.10. The lowest BCUT2D eigenvalue weighted by atomic mass is 9.96. The largest absolute Gasteiger partial charge is 0.469 e. The average Bonchev–Trinajstić information content (AvgIpc) is 2.51. The molecule has 0 aromatic heterocycles. The lowest BCUT2D eigenvalue weighted by molar-refractivity contribution is -0.140. The zero-order chi connectivity index (χ0) is 15.7. The molecule has 1 atom stereocenters. The van der Waals surface area contributed by atoms with Crippen molar-refractivity contribution in [2.24, 2.45) is 0 Å². The van der Waals surface area contributed by atoms with E-state index in [-0.39, 0.29) is 43.7 Å². The second-order valence-corrected chi connectivity index (χ2v) is 5.55. The first kappa shape index (κ1) is 17.8. The van der Waals surface area contributed by atoms with Gasteiger partial charge in [-0.05, 0) is 19.3 Å². The number of urea groups is 1. The molecule has 1 aliphatic carbocycles. The first-order chi connectivity index (χ1) is 10.1. The maximum atomic E-state index is 12.4. The number of hydrogen-bond acceptors (Lipinski definition) is 4. The minimum Gasteiger partial charge on any atom is -0.469 e. The molecule has 21 heavy (non-hydrogen) atoms. The highest BCUT2D eigenvalue weighted by atomic mass is 16.5. The van der Waals surface area contributed by atoms with Crippen molar-refractivity contribution < 1.29 is 19.4 Å². The highest BCUT2D eigenvalue weighted by molar-refractivity contribution is 5.76. The third-order valence-corrected chi connectivity index (χ3v) is 4.10. The zero-order valence-electron chi connectivity index (χ0n) is 13.1. The summed E-state index contributed by atoms with van der Waals surface area (Å²) in [6.45, 7) is 2.08. The SMILES string of the molecule is CCC(CO)N(CCC(=O)OC)C(=O)NC1CCCCC1. The Morgan fingerprint density at radius 1 is 1.33 bits per heavy atom. The van der Waals surface area contributed by atoms with E-state index in [1.807, 2.05) is 6.92 Å². The number of nitrogens with one attached hydrogen (secondary N) is 1. The maximum Gasteiger partial charge on any atom is 0.317 e. The molecule has 6 heteroatoms. The van der Waals surface area contributed by atoms with Crippen LogP contribution < -0.4 is 5.32 Å². The number of aliphatic hydroxyl groups is 1. The molecule has 2 N–H and O–H groups in total. The van der Waals surface area contributed by atoms with Crippen molar-refractivity contribution in [1.82, 2.24) is 10.2 Å². The molecule has 0 aliphatic heterocycles. The van der Waals surface area contributed by atoms with E-state index in [0.29, 0.717) is 6.42 Å². The van der Waals surface area contributed by atoms with Crippen LogP contribution in [0.5, 0.6) is 0 Å². The molecule has 0 aromatic rings. The molecule has 1 aliphatic rings. The van der Waals surface area contributed by atoms with Crippen LogP contribution in [0.1, 0.15) is 51.9 Å². The van der Waals surface area contributed by atoms with E-state index >= 15 is 0 Å². The van der Waals surface area contributed by atoms with Crippen molar-refractivity contribution in [2.75, 3.05) is 20.3 Å². The summed E-state index contributed by atoms with van der Waals surface area (Å²) in [5.74, 6) is -0.349. The summed E-state index contributed by atoms with van der Waals surface area (Å²) < 4.78 is 4.62. The van der Waals surface area contributed by atoms with Crippen LogP contribution in [-0.4, -0.2) is 54.4 Å². The van der Waals surface area contributed by atoms with Gasteiger partial charge >= 0.3 is 12.0 Å². The van der Waals surface area contributed by atoms with Crippen LogP contribution in [0.15, 0.2) is 0 Å². The number of rotatable bonds is 7. The van der Waals surface area contributed by atoms with Gasteiger partial charge in [0.15, 0.2) is 0 Å². The fourth-order valence-corrected chi connectivity index (χ4v) is 2.72. The molecule has 0 saturated heterocycles. The van der Waals surface area contributed by atoms with Gasteiger partial charge in [-0.3, -0.25) is 4.79 Å². The van der Waals surface area contributed by atoms with Gasteiger partial charge in [-0.1, -0.05) is 26.2 Å². The number of nitrogens with zero attached hydrogens (tertiary/aromatic N) is 1. The summed E-state index contributed by atoms with van der Waals surface area (Å²) >= 11 is 0. The number of amides is 2. The standard InChI is InChI=1S/C15H28N2O4/c1-3-13(11-18)17(10-9-14(19)21-2)15(20)16-12-7-5-4-6-8-12/h12-13,18H,3-11H2,1-2H3,(H,16,20). The van der Waals surface area contributed by atoms with Gasteiger partial charge in [0.1, 0.15) is 0 Å². The van der Waals surface area contributed by atoms with Gasteiger partial charge in [-0.15, -0.1) is 0 Å². The second-order valence-electron chi connectivity index (χ2n) is 5.55. The van der Waals surface area contributed by atoms with Gasteiger partial charge in [-0.25, -0.2) is 4.79 Å². The van der Waals surface area contributed by atoms with E-state index in [9.17, 15) is 14.7 Å². The molecule has 0 radical (unpaired) electrons. The lowest BCUT2D eigenvalue weighted by Gasteiger charge is -2.32. The van der Waals surface area contributed by atoms with Gasteiger partial charge in [0.2, 0.25) is 0 Å². The summed E-state index contributed by atoms with van der Waals surface area (Å²) in [5.41, 5.74) is 0. The summed E-state index contributed by atoms with van der Waals surface area (Å²) in [6, 6.07) is -0.243. The first-order valence-corrected chi connectivity index (χ1v) is 7.87. The average molecular weight is 300 g/mol. The topological polar surface area (TPSA) is 78.9 Å². The summed E-state index contributed by atoms with van der Waals surface area (Å²) in [5, 5.41) is 12.5. The predicted octanol–water partition coefficient (Wildman–Crippen LogP) is 1.66. The van der Waals surface area contributed by atoms with Crippen molar-refractivity contribution in [3.05, 3.63) is 0 Å². The molecule has 0 spiro atoms. The van der Waals surface area contributed by atoms with Gasteiger partial charge in [0.25, 0.3) is 0 Å². The highest BCUT2D eigenvalue weighted by Gasteiger charge is 2.25. The van der Waals surface area contributed by atoms with Crippen molar-refractivity contribution in [3.63, 3.8) is 0 Å². The third kappa shape index (κ3) is 5.91. The number of methoxy groups -OCH3 is 1. The number of esters is 1. The van der Waals surface area contributed by atoms with Crippen LogP contribution in [-0.2, 0) is 9.53 Å². The monoisotopic (exact) mass is 300 g/mol. The van der Waals surface area contributed by atoms with Gasteiger partial charge < -0.3 is 20.1 Å². The normalized spacial score (nSPS) is 17.1. The molecule has 0 aromatic carbocycles. The molecule has 1 unspecified atom stereocenters. The summed E-state index contributed by atoms with van der Waals surface area (Å²) in [7, 11) is 1.33. The lowest BCUT2D eigenvalue weighted by Crippen LogP contribution is -2.51. The van der Waals surface area contributed by atoms with E-state index in [1.54, 1.807) is 4.90 Å². The molecule has 6 nitrogen and oxygen atoms in total. The minimum absolute atomic E-state index is 0.101. The van der Waals surface area contributed by atoms with E-state index < -0.39 is 0 Å². The fourth-order valence-electron chi connectivity index (χ4n) is 2.72. The van der Waals surface area contributed by atoms with Crippen LogP contribution in [0.3, 0.4) is 0 Å². The van der Waals surface area contributed by atoms with Gasteiger partial charge in [-0.2, -0.15) is 0 Å². The Morgan fingerprint density at radius 3 is 2.52 bits per heavy atom. The Morgan fingerprint density at radius 2 is 2.00 bits per heavy atom. The van der Waals surface area contributed by atoms with E-state index in [2.05, 4.69) is 10.1 Å². The minimum atomic E-state index is -0.349. The second kappa shape index (κ2) is 9.60. The maximum absolute atomic E-state index is 12.4. The fraction of sp³-hybridized carbons (Fsp3) is 0.867. The Balaban J connectivity index is 2.59. The molecule has 2 amide bonds. The van der Waals surface area contributed by atoms with Crippen molar-refractivity contribution in [1.29, 1.82) is 0 Å². The Kier molecular flexibility index (Phi) is 8.12. The predicted molar refractivity (Wildman–Crippen MR) is 79.9 cm³/mol. The smallest absolute Gasteiger partial charge is 0.317 e. The van der Waals surface area contributed by atoms with Crippen LogP contribution in [0.4, 0.5) is 4.79 Å². The Bertz CT molecular complexity index is 326. The quantitative estimate of drug-likeness (QED) is 0.701. The van der Waals surface area contributed by atoms with Crippen LogP contribution in [0.2, 0.25) is 0 Å². The summed E-state index contributed by atoms with van der Waals surface area (Å²) in [4.78, 5) is 25.3. The number of carbonyl (C=O) groups excluding carboxylic acids is 2. The molecule has 0 bridgehead atoms. The van der Waals surface area contributed by atoms with E-state index in [0.717, 1.165) is 25.7 Å². The van der Waals surface area contributed by atoms with E-state index in [4.69, 9.17) is 0 Å². The molecule has 0 heterocycles. The Labute approximate surface area is 126 Å².